The second-order valence-electron chi connectivity index (χ2n) is 4.92. The molecule has 94 valence electrons. The van der Waals surface area contributed by atoms with E-state index in [9.17, 15) is 9.90 Å². The second-order valence-corrected chi connectivity index (χ2v) is 4.92. The Kier molecular flexibility index (Phi) is 4.74. The molecule has 0 amide bonds. The zero-order chi connectivity index (χ0) is 12.2. The molecule has 0 aromatic carbocycles. The van der Waals surface area contributed by atoms with Gasteiger partial charge in [0.25, 0.3) is 0 Å². The van der Waals surface area contributed by atoms with Crippen LogP contribution in [0.5, 0.6) is 0 Å². The van der Waals surface area contributed by atoms with Crippen molar-refractivity contribution >= 4 is 5.97 Å². The van der Waals surface area contributed by atoms with Crippen LogP contribution in [0.3, 0.4) is 0 Å². The number of aliphatic hydroxyl groups is 1. The first-order valence-electron chi connectivity index (χ1n) is 6.10. The summed E-state index contributed by atoms with van der Waals surface area (Å²) in [5.41, 5.74) is 5.30. The van der Waals surface area contributed by atoms with Gasteiger partial charge >= 0.3 is 5.97 Å². The molecular formula is C12H23NO3. The third kappa shape index (κ3) is 2.74. The Hall–Kier alpha value is -0.610. The average Bonchev–Trinajstić information content (AvgIpc) is 2.28. The molecule has 0 aromatic heterocycles. The molecule has 16 heavy (non-hydrogen) atoms. The number of hydrogen-bond acceptors (Lipinski definition) is 4. The molecule has 3 N–H and O–H groups in total. The van der Waals surface area contributed by atoms with E-state index >= 15 is 0 Å². The molecule has 1 fully saturated rings. The van der Waals surface area contributed by atoms with Gasteiger partial charge in [0.05, 0.1) is 6.61 Å². The Morgan fingerprint density at radius 3 is 2.88 bits per heavy atom. The number of aliphatic hydroxyl groups excluding tert-OH is 1. The molecule has 0 bridgehead atoms. The van der Waals surface area contributed by atoms with Gasteiger partial charge in [0.15, 0.2) is 6.10 Å². The summed E-state index contributed by atoms with van der Waals surface area (Å²) in [4.78, 5) is 11.6. The maximum Gasteiger partial charge on any atom is 0.335 e. The Morgan fingerprint density at radius 2 is 2.38 bits per heavy atom. The first-order valence-corrected chi connectivity index (χ1v) is 6.10. The molecule has 0 aromatic rings. The highest BCUT2D eigenvalue weighted by atomic mass is 16.5. The van der Waals surface area contributed by atoms with E-state index in [1.807, 2.05) is 0 Å². The van der Waals surface area contributed by atoms with Gasteiger partial charge in [-0.1, -0.05) is 19.8 Å². The van der Waals surface area contributed by atoms with E-state index in [-0.39, 0.29) is 0 Å². The monoisotopic (exact) mass is 229 g/mol. The van der Waals surface area contributed by atoms with Crippen molar-refractivity contribution in [2.75, 3.05) is 13.2 Å². The van der Waals surface area contributed by atoms with Gasteiger partial charge in [-0.15, -0.1) is 0 Å². The highest BCUT2D eigenvalue weighted by Gasteiger charge is 2.44. The molecule has 0 saturated heterocycles. The molecule has 1 rings (SSSR count). The Morgan fingerprint density at radius 1 is 1.69 bits per heavy atom. The molecule has 4 heteroatoms. The molecule has 1 aliphatic rings. The fourth-order valence-corrected chi connectivity index (χ4v) is 2.72. The van der Waals surface area contributed by atoms with Crippen molar-refractivity contribution in [1.29, 1.82) is 0 Å². The lowest BCUT2D eigenvalue weighted by molar-refractivity contribution is -0.163. The molecule has 3 atom stereocenters. The lowest BCUT2D eigenvalue weighted by Gasteiger charge is -2.41. The number of carbonyl (C=O) groups is 1. The van der Waals surface area contributed by atoms with Crippen LogP contribution in [0.25, 0.3) is 0 Å². The fourth-order valence-electron chi connectivity index (χ4n) is 2.72. The van der Waals surface area contributed by atoms with Gasteiger partial charge in [-0.05, 0) is 25.7 Å². The highest BCUT2D eigenvalue weighted by molar-refractivity contribution is 5.75. The zero-order valence-corrected chi connectivity index (χ0v) is 10.2. The quantitative estimate of drug-likeness (QED) is 0.707. The first-order chi connectivity index (χ1) is 7.55. The van der Waals surface area contributed by atoms with E-state index in [0.29, 0.717) is 19.1 Å². The van der Waals surface area contributed by atoms with Crippen molar-refractivity contribution in [3.63, 3.8) is 0 Å². The minimum Gasteiger partial charge on any atom is -0.464 e. The summed E-state index contributed by atoms with van der Waals surface area (Å²) in [7, 11) is 0. The molecule has 0 radical (unpaired) electrons. The summed E-state index contributed by atoms with van der Waals surface area (Å²) in [5, 5.41) is 10.1. The predicted octanol–water partition coefficient (Wildman–Crippen LogP) is 1.07. The third-order valence-electron chi connectivity index (χ3n) is 3.62. The zero-order valence-electron chi connectivity index (χ0n) is 10.2. The maximum atomic E-state index is 11.6. The van der Waals surface area contributed by atoms with Gasteiger partial charge in [0.1, 0.15) is 0 Å². The molecule has 4 nitrogen and oxygen atoms in total. The SMILES string of the molecule is CCOC(=O)C(O)C1(CN)CCCC(C)C1. The van der Waals surface area contributed by atoms with E-state index < -0.39 is 17.5 Å². The van der Waals surface area contributed by atoms with Crippen molar-refractivity contribution < 1.29 is 14.6 Å². The van der Waals surface area contributed by atoms with E-state index in [0.717, 1.165) is 25.7 Å². The molecule has 0 aliphatic heterocycles. The number of rotatable bonds is 4. The third-order valence-corrected chi connectivity index (χ3v) is 3.62. The molecule has 0 heterocycles. The smallest absolute Gasteiger partial charge is 0.335 e. The van der Waals surface area contributed by atoms with Gasteiger partial charge in [0.2, 0.25) is 0 Å². The van der Waals surface area contributed by atoms with Crippen LogP contribution < -0.4 is 5.73 Å². The van der Waals surface area contributed by atoms with Crippen LogP contribution in [0, 0.1) is 11.3 Å². The van der Waals surface area contributed by atoms with Gasteiger partial charge in [-0.2, -0.15) is 0 Å². The van der Waals surface area contributed by atoms with E-state index in [1.165, 1.54) is 0 Å². The molecular weight excluding hydrogens is 206 g/mol. The molecule has 1 saturated carbocycles. The number of esters is 1. The van der Waals surface area contributed by atoms with Crippen molar-refractivity contribution in [1.82, 2.24) is 0 Å². The Bertz CT molecular complexity index is 244. The summed E-state index contributed by atoms with van der Waals surface area (Å²) in [6, 6.07) is 0. The summed E-state index contributed by atoms with van der Waals surface area (Å²) < 4.78 is 4.87. The van der Waals surface area contributed by atoms with Gasteiger partial charge < -0.3 is 15.6 Å². The maximum absolute atomic E-state index is 11.6. The summed E-state index contributed by atoms with van der Waals surface area (Å²) >= 11 is 0. The second kappa shape index (κ2) is 5.64. The number of ether oxygens (including phenoxy) is 1. The van der Waals surface area contributed by atoms with Crippen molar-refractivity contribution in [2.45, 2.75) is 45.6 Å². The first kappa shape index (κ1) is 13.5. The van der Waals surface area contributed by atoms with Gasteiger partial charge in [-0.25, -0.2) is 4.79 Å². The number of nitrogens with two attached hydrogens (primary N) is 1. The van der Waals surface area contributed by atoms with Gasteiger partial charge in [0, 0.05) is 12.0 Å². The largest absolute Gasteiger partial charge is 0.464 e. The highest BCUT2D eigenvalue weighted by Crippen LogP contribution is 2.41. The average molecular weight is 229 g/mol. The van der Waals surface area contributed by atoms with Crippen molar-refractivity contribution in [3.05, 3.63) is 0 Å². The fraction of sp³-hybridized carbons (Fsp3) is 0.917. The van der Waals surface area contributed by atoms with Crippen LogP contribution in [0.1, 0.15) is 39.5 Å². The standard InChI is InChI=1S/C12H23NO3/c1-3-16-11(15)10(14)12(8-13)6-4-5-9(2)7-12/h9-10,14H,3-8,13H2,1-2H3. The number of carbonyl (C=O) groups excluding carboxylic acids is 1. The Balaban J connectivity index is 2.74. The summed E-state index contributed by atoms with van der Waals surface area (Å²) in [6.07, 6.45) is 2.73. The summed E-state index contributed by atoms with van der Waals surface area (Å²) in [6.45, 7) is 4.52. The molecule has 0 spiro atoms. The van der Waals surface area contributed by atoms with E-state index in [4.69, 9.17) is 10.5 Å². The van der Waals surface area contributed by atoms with Crippen LogP contribution in [-0.4, -0.2) is 30.3 Å². The lowest BCUT2D eigenvalue weighted by Crippen LogP contribution is -2.49. The normalized spacial score (nSPS) is 32.1. The van der Waals surface area contributed by atoms with Crippen molar-refractivity contribution in [3.8, 4) is 0 Å². The van der Waals surface area contributed by atoms with Crippen LogP contribution in [0.4, 0.5) is 0 Å². The lowest BCUT2D eigenvalue weighted by atomic mass is 9.67. The van der Waals surface area contributed by atoms with Gasteiger partial charge in [-0.3, -0.25) is 0 Å². The van der Waals surface area contributed by atoms with Crippen LogP contribution in [-0.2, 0) is 9.53 Å². The van der Waals surface area contributed by atoms with Crippen LogP contribution in [0.2, 0.25) is 0 Å². The summed E-state index contributed by atoms with van der Waals surface area (Å²) in [5.74, 6) is -0.0107. The van der Waals surface area contributed by atoms with Crippen molar-refractivity contribution in [2.24, 2.45) is 17.1 Å². The Labute approximate surface area is 97.2 Å². The van der Waals surface area contributed by atoms with E-state index in [2.05, 4.69) is 6.92 Å². The van der Waals surface area contributed by atoms with Crippen LogP contribution >= 0.6 is 0 Å². The minimum atomic E-state index is -1.07. The molecule has 3 unspecified atom stereocenters. The molecule has 1 aliphatic carbocycles. The van der Waals surface area contributed by atoms with E-state index in [1.54, 1.807) is 6.92 Å². The topological polar surface area (TPSA) is 72.5 Å². The predicted molar refractivity (Wildman–Crippen MR) is 61.8 cm³/mol. The number of hydrogen-bond donors (Lipinski definition) is 2. The minimum absolute atomic E-state index is 0.298. The van der Waals surface area contributed by atoms with Crippen LogP contribution in [0.15, 0.2) is 0 Å².